The van der Waals surface area contributed by atoms with Gasteiger partial charge in [0.2, 0.25) is 5.91 Å². The average molecular weight is 489 g/mol. The summed E-state index contributed by atoms with van der Waals surface area (Å²) in [6.45, 7) is 7.83. The molecule has 34 heavy (non-hydrogen) atoms. The highest BCUT2D eigenvalue weighted by Gasteiger charge is 2.20. The number of aromatic nitrogens is 2. The lowest BCUT2D eigenvalue weighted by Gasteiger charge is -2.25. The normalized spacial score (nSPS) is 15.7. The minimum Gasteiger partial charge on any atom is -0.463 e. The summed E-state index contributed by atoms with van der Waals surface area (Å²) >= 11 is 0. The molecule has 0 radical (unpaired) electrons. The summed E-state index contributed by atoms with van der Waals surface area (Å²) in [6, 6.07) is 8.56. The van der Waals surface area contributed by atoms with E-state index in [9.17, 15) is 4.79 Å². The number of benzene rings is 1. The number of hydrogen-bond donors (Lipinski definition) is 2. The molecular weight excluding hydrogens is 451 g/mol. The van der Waals surface area contributed by atoms with Crippen LogP contribution in [0.3, 0.4) is 0 Å². The van der Waals surface area contributed by atoms with Crippen molar-refractivity contribution in [1.82, 2.24) is 14.9 Å². The third-order valence-electron chi connectivity index (χ3n) is 5.99. The number of likely N-dealkylation sites (tertiary alicyclic amines) is 1. The first kappa shape index (κ1) is 26.0. The predicted molar refractivity (Wildman–Crippen MR) is 140 cm³/mol. The Morgan fingerprint density at radius 3 is 2.65 bits per heavy atom. The van der Waals surface area contributed by atoms with Gasteiger partial charge in [0.05, 0.1) is 13.2 Å². The second-order valence-corrected chi connectivity index (χ2v) is 12.4. The fourth-order valence-electron chi connectivity index (χ4n) is 3.93. The van der Waals surface area contributed by atoms with E-state index < -0.39 is 13.0 Å². The van der Waals surface area contributed by atoms with E-state index in [-0.39, 0.29) is 12.6 Å². The SMILES string of the molecule is C=P(C)(CCOc1nc(N)c(C)c(N(CC(N)=O)Cc2cccc(CN3CCCC3)c2)n1)OC. The largest absolute Gasteiger partial charge is 0.463 e. The summed E-state index contributed by atoms with van der Waals surface area (Å²) in [5, 5.41) is 0. The Hall–Kier alpha value is -2.61. The van der Waals surface area contributed by atoms with Crippen LogP contribution in [0.4, 0.5) is 11.6 Å². The molecule has 0 saturated carbocycles. The predicted octanol–water partition coefficient (Wildman–Crippen LogP) is 2.47. The smallest absolute Gasteiger partial charge is 0.320 e. The van der Waals surface area contributed by atoms with Crippen LogP contribution in [0, 0.1) is 6.92 Å². The number of amides is 1. The molecule has 1 aliphatic rings. The maximum Gasteiger partial charge on any atom is 0.320 e. The number of carbonyl (C=O) groups is 1. The third kappa shape index (κ3) is 7.45. The van der Waals surface area contributed by atoms with Gasteiger partial charge in [0.15, 0.2) is 0 Å². The minimum atomic E-state index is -1.73. The van der Waals surface area contributed by atoms with Crippen LogP contribution in [0.2, 0.25) is 0 Å². The summed E-state index contributed by atoms with van der Waals surface area (Å²) in [7, 11) is -0.0764. The highest BCUT2D eigenvalue weighted by Crippen LogP contribution is 2.40. The lowest BCUT2D eigenvalue weighted by Crippen LogP contribution is -2.34. The maximum atomic E-state index is 11.9. The van der Waals surface area contributed by atoms with Crippen LogP contribution in [0.5, 0.6) is 6.01 Å². The van der Waals surface area contributed by atoms with Gasteiger partial charge in [-0.1, -0.05) is 30.6 Å². The Morgan fingerprint density at radius 1 is 1.26 bits per heavy atom. The van der Waals surface area contributed by atoms with Gasteiger partial charge >= 0.3 is 6.01 Å². The Labute approximate surface area is 202 Å². The fraction of sp³-hybridized carbons (Fsp3) is 0.500. The van der Waals surface area contributed by atoms with E-state index in [0.717, 1.165) is 25.2 Å². The van der Waals surface area contributed by atoms with Crippen LogP contribution in [-0.2, 0) is 22.4 Å². The van der Waals surface area contributed by atoms with E-state index in [1.807, 2.05) is 30.6 Å². The summed E-state index contributed by atoms with van der Waals surface area (Å²) in [5.74, 6) is 0.381. The van der Waals surface area contributed by atoms with E-state index in [0.29, 0.717) is 36.5 Å². The number of nitrogen functional groups attached to an aromatic ring is 1. The number of ether oxygens (including phenoxy) is 1. The first-order valence-corrected chi connectivity index (χ1v) is 14.1. The Bertz CT molecular complexity index is 1040. The maximum absolute atomic E-state index is 11.9. The molecule has 3 rings (SSSR count). The van der Waals surface area contributed by atoms with Crippen LogP contribution >= 0.6 is 7.11 Å². The number of hydrogen-bond acceptors (Lipinski definition) is 8. The summed E-state index contributed by atoms with van der Waals surface area (Å²) in [6.07, 6.45) is 7.27. The van der Waals surface area contributed by atoms with Crippen molar-refractivity contribution < 1.29 is 14.1 Å². The van der Waals surface area contributed by atoms with Gasteiger partial charge in [-0.15, -0.1) is 0 Å². The number of nitrogens with two attached hydrogens (primary N) is 2. The van der Waals surface area contributed by atoms with Gasteiger partial charge in [-0.05, 0) is 50.6 Å². The summed E-state index contributed by atoms with van der Waals surface area (Å²) in [4.78, 5) is 25.0. The van der Waals surface area contributed by atoms with Crippen LogP contribution in [0.15, 0.2) is 24.3 Å². The van der Waals surface area contributed by atoms with Gasteiger partial charge < -0.3 is 25.6 Å². The second-order valence-electron chi connectivity index (χ2n) is 9.02. The van der Waals surface area contributed by atoms with Crippen molar-refractivity contribution in [3.63, 3.8) is 0 Å². The molecule has 1 aliphatic heterocycles. The molecule has 1 unspecified atom stereocenters. The van der Waals surface area contributed by atoms with Gasteiger partial charge in [-0.3, -0.25) is 9.69 Å². The molecule has 2 heterocycles. The Kier molecular flexibility index (Phi) is 8.94. The first-order chi connectivity index (χ1) is 16.2. The molecule has 0 aliphatic carbocycles. The number of nitrogens with zero attached hydrogens (tertiary/aromatic N) is 4. The van der Waals surface area contributed by atoms with E-state index in [1.54, 1.807) is 7.11 Å². The van der Waals surface area contributed by atoms with E-state index in [2.05, 4.69) is 33.3 Å². The molecule has 10 heteroatoms. The van der Waals surface area contributed by atoms with Gasteiger partial charge in [0, 0.05) is 39.0 Å². The van der Waals surface area contributed by atoms with Crippen molar-refractivity contribution in [3.05, 3.63) is 41.0 Å². The topological polar surface area (TPSA) is 120 Å². The minimum absolute atomic E-state index is 0.000751. The molecule has 1 aromatic heterocycles. The van der Waals surface area contributed by atoms with Crippen LogP contribution < -0.4 is 21.1 Å². The molecular formula is C24H37N6O3P. The van der Waals surface area contributed by atoms with Crippen molar-refractivity contribution >= 4 is 31.0 Å². The lowest BCUT2D eigenvalue weighted by molar-refractivity contribution is -0.116. The standard InChI is InChI=1S/C24H37N6O3P/c1-18-22(26)27-24(33-12-13-34(3,4)32-2)28-23(18)30(17-21(25)31)16-20-9-7-8-19(14-20)15-29-10-5-6-11-29/h7-9,14H,3,5-6,10-13,15-17H2,1-2,4H3,(H2,25,31)(H2,26,27,28). The Balaban J connectivity index is 1.80. The molecule has 1 aromatic carbocycles. The molecule has 2 aromatic rings. The van der Waals surface area contributed by atoms with Gasteiger partial charge in [0.25, 0.3) is 0 Å². The number of rotatable bonds is 12. The van der Waals surface area contributed by atoms with Gasteiger partial charge in [0.1, 0.15) is 11.6 Å². The molecule has 1 amide bonds. The second kappa shape index (κ2) is 11.7. The molecule has 186 valence electrons. The fourth-order valence-corrected chi connectivity index (χ4v) is 4.59. The summed E-state index contributed by atoms with van der Waals surface area (Å²) < 4.78 is 11.2. The van der Waals surface area contributed by atoms with Crippen LogP contribution in [0.25, 0.3) is 0 Å². The lowest BCUT2D eigenvalue weighted by atomic mass is 10.1. The molecule has 0 spiro atoms. The van der Waals surface area contributed by atoms with Crippen molar-refractivity contribution in [2.24, 2.45) is 5.73 Å². The zero-order valence-corrected chi connectivity index (χ0v) is 21.4. The van der Waals surface area contributed by atoms with Crippen molar-refractivity contribution in [1.29, 1.82) is 0 Å². The van der Waals surface area contributed by atoms with Gasteiger partial charge in [-0.25, -0.2) is 0 Å². The number of primary amides is 1. The first-order valence-electron chi connectivity index (χ1n) is 11.5. The van der Waals surface area contributed by atoms with Crippen molar-refractivity contribution in [3.8, 4) is 6.01 Å². The number of anilines is 2. The van der Waals surface area contributed by atoms with Crippen molar-refractivity contribution in [2.75, 3.05) is 56.8 Å². The molecule has 1 atom stereocenters. The zero-order valence-electron chi connectivity index (χ0n) is 20.5. The average Bonchev–Trinajstić information content (AvgIpc) is 3.28. The summed E-state index contributed by atoms with van der Waals surface area (Å²) in [5.41, 5.74) is 14.7. The molecule has 4 N–H and O–H groups in total. The monoisotopic (exact) mass is 488 g/mol. The van der Waals surface area contributed by atoms with E-state index in [1.165, 1.54) is 18.4 Å². The van der Waals surface area contributed by atoms with E-state index >= 15 is 0 Å². The zero-order chi connectivity index (χ0) is 24.7. The van der Waals surface area contributed by atoms with Crippen LogP contribution in [-0.4, -0.2) is 73.3 Å². The quantitative estimate of drug-likeness (QED) is 0.437. The van der Waals surface area contributed by atoms with E-state index in [4.69, 9.17) is 20.7 Å². The highest BCUT2D eigenvalue weighted by atomic mass is 31.2. The van der Waals surface area contributed by atoms with Gasteiger partial charge in [-0.2, -0.15) is 9.97 Å². The number of carbonyl (C=O) groups excluding carboxylic acids is 1. The molecule has 1 fully saturated rings. The third-order valence-corrected chi connectivity index (χ3v) is 8.00. The molecule has 9 nitrogen and oxygen atoms in total. The Morgan fingerprint density at radius 2 is 1.97 bits per heavy atom. The highest BCUT2D eigenvalue weighted by molar-refractivity contribution is 7.68. The van der Waals surface area contributed by atoms with Crippen molar-refractivity contribution in [2.45, 2.75) is 32.9 Å². The molecule has 1 saturated heterocycles. The molecule has 0 bridgehead atoms. The van der Waals surface area contributed by atoms with Crippen LogP contribution in [0.1, 0.15) is 29.5 Å².